The highest BCUT2D eigenvalue weighted by atomic mass is 35.5. The molecular formula is C12H16ClN3O3S. The van der Waals surface area contributed by atoms with Gasteiger partial charge in [0.1, 0.15) is 0 Å². The van der Waals surface area contributed by atoms with Gasteiger partial charge in [0.25, 0.3) is 0 Å². The molecule has 2 rings (SSSR count). The number of halogens is 1. The number of rotatable bonds is 3. The van der Waals surface area contributed by atoms with E-state index in [2.05, 4.69) is 5.32 Å². The first kappa shape index (κ1) is 15.1. The molecule has 1 aliphatic heterocycles. The maximum Gasteiger partial charge on any atom is 0.238 e. The molecule has 0 saturated carbocycles. The van der Waals surface area contributed by atoms with Gasteiger partial charge in [-0.25, -0.2) is 8.42 Å². The molecule has 0 aliphatic carbocycles. The van der Waals surface area contributed by atoms with Gasteiger partial charge >= 0.3 is 0 Å². The second-order valence-electron chi connectivity index (χ2n) is 4.71. The number of sulfone groups is 1. The van der Waals surface area contributed by atoms with Crippen LogP contribution in [0.1, 0.15) is 0 Å². The van der Waals surface area contributed by atoms with E-state index in [-0.39, 0.29) is 24.0 Å². The van der Waals surface area contributed by atoms with E-state index in [9.17, 15) is 13.2 Å². The van der Waals surface area contributed by atoms with Crippen LogP contribution in [0.25, 0.3) is 0 Å². The molecule has 1 aliphatic rings. The van der Waals surface area contributed by atoms with Crippen molar-refractivity contribution in [2.24, 2.45) is 0 Å². The molecule has 0 spiro atoms. The van der Waals surface area contributed by atoms with Crippen LogP contribution in [-0.4, -0.2) is 50.4 Å². The number of nitrogens with two attached hydrogens (primary N) is 1. The Bertz CT molecular complexity index is 604. The van der Waals surface area contributed by atoms with Gasteiger partial charge in [0, 0.05) is 18.1 Å². The lowest BCUT2D eigenvalue weighted by Gasteiger charge is -2.25. The lowest BCUT2D eigenvalue weighted by molar-refractivity contribution is -0.117. The standard InChI is InChI=1S/C12H16ClN3O3S/c13-9-1-2-11(10(14)7-9)15-12(17)8-16-3-5-20(18,19)6-4-16/h1-2,7H,3-6,8,14H2,(H,15,17). The molecule has 0 radical (unpaired) electrons. The quantitative estimate of drug-likeness (QED) is 0.796. The molecule has 20 heavy (non-hydrogen) atoms. The van der Waals surface area contributed by atoms with Crippen molar-refractivity contribution in [1.29, 1.82) is 0 Å². The number of anilines is 2. The molecule has 110 valence electrons. The van der Waals surface area contributed by atoms with Gasteiger partial charge < -0.3 is 11.1 Å². The van der Waals surface area contributed by atoms with Crippen LogP contribution in [0.2, 0.25) is 5.02 Å². The largest absolute Gasteiger partial charge is 0.397 e. The van der Waals surface area contributed by atoms with Gasteiger partial charge in [0.15, 0.2) is 9.84 Å². The highest BCUT2D eigenvalue weighted by Crippen LogP contribution is 2.22. The van der Waals surface area contributed by atoms with E-state index in [0.29, 0.717) is 29.5 Å². The summed E-state index contributed by atoms with van der Waals surface area (Å²) in [5, 5.41) is 3.19. The number of amides is 1. The van der Waals surface area contributed by atoms with Crippen LogP contribution in [0.15, 0.2) is 18.2 Å². The van der Waals surface area contributed by atoms with E-state index in [4.69, 9.17) is 17.3 Å². The fourth-order valence-corrected chi connectivity index (χ4v) is 3.41. The number of nitrogens with zero attached hydrogens (tertiary/aromatic N) is 1. The zero-order valence-corrected chi connectivity index (χ0v) is 12.4. The number of hydrogen-bond acceptors (Lipinski definition) is 5. The first-order chi connectivity index (χ1) is 9.35. The Labute approximate surface area is 122 Å². The van der Waals surface area contributed by atoms with Crippen LogP contribution in [0.3, 0.4) is 0 Å². The normalized spacial score (nSPS) is 18.6. The Morgan fingerprint density at radius 1 is 1.35 bits per heavy atom. The average Bonchev–Trinajstić information content (AvgIpc) is 2.35. The Balaban J connectivity index is 1.90. The molecule has 3 N–H and O–H groups in total. The number of carbonyl (C=O) groups excluding carboxylic acids is 1. The topological polar surface area (TPSA) is 92.5 Å². The summed E-state index contributed by atoms with van der Waals surface area (Å²) in [6.07, 6.45) is 0. The van der Waals surface area contributed by atoms with Crippen LogP contribution < -0.4 is 11.1 Å². The summed E-state index contributed by atoms with van der Waals surface area (Å²) >= 11 is 5.78. The van der Waals surface area contributed by atoms with Crippen molar-refractivity contribution in [3.8, 4) is 0 Å². The SMILES string of the molecule is Nc1cc(Cl)ccc1NC(=O)CN1CCS(=O)(=O)CC1. The van der Waals surface area contributed by atoms with Crippen LogP contribution in [-0.2, 0) is 14.6 Å². The average molecular weight is 318 g/mol. The summed E-state index contributed by atoms with van der Waals surface area (Å²) in [4.78, 5) is 13.7. The Morgan fingerprint density at radius 3 is 2.60 bits per heavy atom. The van der Waals surface area contributed by atoms with Crippen molar-refractivity contribution >= 4 is 38.7 Å². The highest BCUT2D eigenvalue weighted by Gasteiger charge is 2.23. The molecule has 1 aromatic carbocycles. The predicted octanol–water partition coefficient (Wildman–Crippen LogP) is 0.591. The summed E-state index contributed by atoms with van der Waals surface area (Å²) in [5.41, 5.74) is 6.65. The van der Waals surface area contributed by atoms with E-state index < -0.39 is 9.84 Å². The molecule has 1 aromatic rings. The summed E-state index contributed by atoms with van der Waals surface area (Å²) in [6.45, 7) is 0.912. The van der Waals surface area contributed by atoms with Crippen molar-refractivity contribution in [2.45, 2.75) is 0 Å². The van der Waals surface area contributed by atoms with Gasteiger partial charge in [-0.15, -0.1) is 0 Å². The molecule has 1 amide bonds. The zero-order valence-electron chi connectivity index (χ0n) is 10.8. The number of carbonyl (C=O) groups is 1. The number of benzene rings is 1. The molecule has 6 nitrogen and oxygen atoms in total. The predicted molar refractivity (Wildman–Crippen MR) is 79.6 cm³/mol. The van der Waals surface area contributed by atoms with E-state index in [0.717, 1.165) is 0 Å². The number of nitrogens with one attached hydrogen (secondary N) is 1. The smallest absolute Gasteiger partial charge is 0.238 e. The van der Waals surface area contributed by atoms with Crippen LogP contribution >= 0.6 is 11.6 Å². The van der Waals surface area contributed by atoms with Crippen molar-refractivity contribution in [3.63, 3.8) is 0 Å². The van der Waals surface area contributed by atoms with Gasteiger partial charge in [-0.05, 0) is 18.2 Å². The molecule has 0 atom stereocenters. The van der Waals surface area contributed by atoms with Gasteiger partial charge in [-0.1, -0.05) is 11.6 Å². The molecule has 0 unspecified atom stereocenters. The molecule has 1 saturated heterocycles. The molecule has 8 heteroatoms. The van der Waals surface area contributed by atoms with E-state index >= 15 is 0 Å². The van der Waals surface area contributed by atoms with Crippen molar-refractivity contribution < 1.29 is 13.2 Å². The van der Waals surface area contributed by atoms with Gasteiger partial charge in [0.05, 0.1) is 29.4 Å². The van der Waals surface area contributed by atoms with Crippen LogP contribution in [0.4, 0.5) is 11.4 Å². The first-order valence-corrected chi connectivity index (χ1v) is 8.33. The maximum absolute atomic E-state index is 11.9. The monoisotopic (exact) mass is 317 g/mol. The number of nitrogen functional groups attached to an aromatic ring is 1. The lowest BCUT2D eigenvalue weighted by atomic mass is 10.2. The minimum absolute atomic E-state index is 0.101. The van der Waals surface area contributed by atoms with Crippen LogP contribution in [0, 0.1) is 0 Å². The molecule has 0 bridgehead atoms. The molecular weight excluding hydrogens is 302 g/mol. The first-order valence-electron chi connectivity index (χ1n) is 6.13. The van der Waals surface area contributed by atoms with Crippen LogP contribution in [0.5, 0.6) is 0 Å². The minimum Gasteiger partial charge on any atom is -0.397 e. The number of hydrogen-bond donors (Lipinski definition) is 2. The third-order valence-electron chi connectivity index (χ3n) is 3.09. The highest BCUT2D eigenvalue weighted by molar-refractivity contribution is 7.91. The Hall–Kier alpha value is -1.31. The molecule has 1 heterocycles. The fourth-order valence-electron chi connectivity index (χ4n) is 1.95. The summed E-state index contributed by atoms with van der Waals surface area (Å²) < 4.78 is 22.6. The van der Waals surface area contributed by atoms with Gasteiger partial charge in [0.2, 0.25) is 5.91 Å². The van der Waals surface area contributed by atoms with Crippen molar-refractivity contribution in [3.05, 3.63) is 23.2 Å². The van der Waals surface area contributed by atoms with Crippen molar-refractivity contribution in [2.75, 3.05) is 42.2 Å². The maximum atomic E-state index is 11.9. The second-order valence-corrected chi connectivity index (χ2v) is 7.45. The van der Waals surface area contributed by atoms with Crippen molar-refractivity contribution in [1.82, 2.24) is 4.90 Å². The fraction of sp³-hybridized carbons (Fsp3) is 0.417. The third kappa shape index (κ3) is 4.09. The lowest BCUT2D eigenvalue weighted by Crippen LogP contribution is -2.43. The van der Waals surface area contributed by atoms with Gasteiger partial charge in [-0.3, -0.25) is 9.69 Å². The zero-order chi connectivity index (χ0) is 14.8. The summed E-state index contributed by atoms with van der Waals surface area (Å²) in [7, 11) is -2.93. The van der Waals surface area contributed by atoms with Gasteiger partial charge in [-0.2, -0.15) is 0 Å². The Kier molecular flexibility index (Phi) is 4.52. The summed E-state index contributed by atoms with van der Waals surface area (Å²) in [5.74, 6) is -0.0227. The van der Waals surface area contributed by atoms with E-state index in [1.807, 2.05) is 4.90 Å². The van der Waals surface area contributed by atoms with E-state index in [1.165, 1.54) is 0 Å². The Morgan fingerprint density at radius 2 is 2.00 bits per heavy atom. The minimum atomic E-state index is -2.93. The second kappa shape index (κ2) is 5.99. The summed E-state index contributed by atoms with van der Waals surface area (Å²) in [6, 6.07) is 4.84. The third-order valence-corrected chi connectivity index (χ3v) is 4.94. The van der Waals surface area contributed by atoms with E-state index in [1.54, 1.807) is 18.2 Å². The molecule has 0 aromatic heterocycles. The molecule has 1 fully saturated rings.